The summed E-state index contributed by atoms with van der Waals surface area (Å²) < 4.78 is 1.85. The molecule has 7 nitrogen and oxygen atoms in total. The Hall–Kier alpha value is -3.14. The van der Waals surface area contributed by atoms with Crippen LogP contribution >= 0.6 is 0 Å². The number of nitriles is 1. The van der Waals surface area contributed by atoms with Crippen molar-refractivity contribution in [2.75, 3.05) is 5.32 Å². The van der Waals surface area contributed by atoms with Crippen LogP contribution < -0.4 is 5.32 Å². The van der Waals surface area contributed by atoms with E-state index in [-0.39, 0.29) is 11.9 Å². The van der Waals surface area contributed by atoms with E-state index in [1.165, 1.54) is 0 Å². The van der Waals surface area contributed by atoms with Crippen molar-refractivity contribution in [2.45, 2.75) is 33.2 Å². The third-order valence-electron chi connectivity index (χ3n) is 4.01. The molecule has 0 radical (unpaired) electrons. The summed E-state index contributed by atoms with van der Waals surface area (Å²) in [6.07, 6.45) is 0.939. The third-order valence-corrected chi connectivity index (χ3v) is 4.01. The monoisotopic (exact) mass is 322 g/mol. The first-order valence-electron chi connectivity index (χ1n) is 7.79. The number of rotatable bonds is 4. The van der Waals surface area contributed by atoms with Gasteiger partial charge in [-0.2, -0.15) is 10.4 Å². The number of hydrogen-bond donors (Lipinski definition) is 2. The van der Waals surface area contributed by atoms with Crippen LogP contribution in [0.5, 0.6) is 0 Å². The van der Waals surface area contributed by atoms with Crippen LogP contribution in [0, 0.1) is 18.3 Å². The lowest BCUT2D eigenvalue weighted by Crippen LogP contribution is -2.15. The molecule has 0 fully saturated rings. The fourth-order valence-corrected chi connectivity index (χ4v) is 2.53. The molecule has 1 unspecified atom stereocenters. The Balaban J connectivity index is 1.83. The van der Waals surface area contributed by atoms with Crippen molar-refractivity contribution in [1.29, 1.82) is 5.26 Å². The largest absolute Gasteiger partial charge is 0.324 e. The second kappa shape index (κ2) is 6.16. The minimum absolute atomic E-state index is 0.238. The molecule has 0 bridgehead atoms. The number of nitrogens with zero attached hydrogens (tertiary/aromatic N) is 4. The first kappa shape index (κ1) is 15.7. The van der Waals surface area contributed by atoms with Crippen molar-refractivity contribution in [3.8, 4) is 6.07 Å². The molecule has 0 saturated carbocycles. The third kappa shape index (κ3) is 2.86. The van der Waals surface area contributed by atoms with Crippen LogP contribution in [0.2, 0.25) is 0 Å². The van der Waals surface area contributed by atoms with Gasteiger partial charge in [-0.25, -0.2) is 4.98 Å². The summed E-state index contributed by atoms with van der Waals surface area (Å²) in [5, 5.41) is 16.0. The quantitative estimate of drug-likeness (QED) is 0.770. The Morgan fingerprint density at radius 2 is 2.25 bits per heavy atom. The lowest BCUT2D eigenvalue weighted by molar-refractivity contribution is 0.102. The average Bonchev–Trinajstić information content (AvgIpc) is 3.16. The van der Waals surface area contributed by atoms with E-state index in [2.05, 4.69) is 40.3 Å². The molecule has 2 heterocycles. The predicted molar refractivity (Wildman–Crippen MR) is 90.7 cm³/mol. The molecule has 0 aliphatic carbocycles. The molecule has 3 aromatic rings. The normalized spacial score (nSPS) is 12.1. The molecule has 122 valence electrons. The zero-order valence-corrected chi connectivity index (χ0v) is 13.8. The second-order valence-corrected chi connectivity index (χ2v) is 5.76. The summed E-state index contributed by atoms with van der Waals surface area (Å²) in [5.41, 5.74) is 3.21. The van der Waals surface area contributed by atoms with Crippen LogP contribution in [0.3, 0.4) is 0 Å². The van der Waals surface area contributed by atoms with E-state index in [9.17, 15) is 4.79 Å². The lowest BCUT2D eigenvalue weighted by Gasteiger charge is -2.10. The van der Waals surface area contributed by atoms with Crippen molar-refractivity contribution in [3.63, 3.8) is 0 Å². The number of carbonyl (C=O) groups excluding carboxylic acids is 1. The van der Waals surface area contributed by atoms with Crippen molar-refractivity contribution in [1.82, 2.24) is 19.7 Å². The van der Waals surface area contributed by atoms with Gasteiger partial charge in [0.15, 0.2) is 5.69 Å². The molecule has 0 spiro atoms. The fraction of sp³-hybridized carbons (Fsp3) is 0.294. The number of benzene rings is 1. The number of aromatic nitrogens is 4. The molecule has 1 amide bonds. The van der Waals surface area contributed by atoms with Crippen molar-refractivity contribution >= 4 is 22.9 Å². The molecule has 2 N–H and O–H groups in total. The number of anilines is 1. The summed E-state index contributed by atoms with van der Waals surface area (Å²) in [4.78, 5) is 19.7. The van der Waals surface area contributed by atoms with Crippen molar-refractivity contribution in [2.24, 2.45) is 0 Å². The smallest absolute Gasteiger partial charge is 0.278 e. The van der Waals surface area contributed by atoms with E-state index in [4.69, 9.17) is 5.26 Å². The summed E-state index contributed by atoms with van der Waals surface area (Å²) >= 11 is 0. The molecule has 0 aliphatic rings. The Bertz CT molecular complexity index is 946. The van der Waals surface area contributed by atoms with Crippen LogP contribution in [0.15, 0.2) is 24.3 Å². The molecular formula is C17H18N6O. The fourth-order valence-electron chi connectivity index (χ4n) is 2.53. The molecule has 0 aliphatic heterocycles. The summed E-state index contributed by atoms with van der Waals surface area (Å²) in [6.45, 7) is 6.07. The summed E-state index contributed by atoms with van der Waals surface area (Å²) in [5.74, 6) is 0.0144. The highest BCUT2D eigenvalue weighted by Gasteiger charge is 2.16. The summed E-state index contributed by atoms with van der Waals surface area (Å²) in [6, 6.07) is 9.19. The number of amides is 1. The highest BCUT2D eigenvalue weighted by atomic mass is 16.2. The van der Waals surface area contributed by atoms with Gasteiger partial charge < -0.3 is 4.98 Å². The van der Waals surface area contributed by atoms with E-state index in [0.29, 0.717) is 28.2 Å². The standard InChI is InChI=1S/C17H18N6O/c1-4-10(2)23-11(3)7-15(22-23)16(24)21-17-19-13-6-5-12(9-18)8-14(13)20-17/h5-8,10H,4H2,1-3H3,(H2,19,20,21,24). The second-order valence-electron chi connectivity index (χ2n) is 5.76. The molecule has 1 atom stereocenters. The maximum Gasteiger partial charge on any atom is 0.278 e. The van der Waals surface area contributed by atoms with Gasteiger partial charge in [-0.3, -0.25) is 14.8 Å². The number of nitrogens with one attached hydrogen (secondary N) is 2. The van der Waals surface area contributed by atoms with Crippen molar-refractivity contribution in [3.05, 3.63) is 41.2 Å². The van der Waals surface area contributed by atoms with Crippen LogP contribution in [-0.2, 0) is 0 Å². The van der Waals surface area contributed by atoms with Gasteiger partial charge in [0.2, 0.25) is 5.95 Å². The van der Waals surface area contributed by atoms with Gasteiger partial charge in [-0.05, 0) is 44.5 Å². The van der Waals surface area contributed by atoms with E-state index in [1.54, 1.807) is 24.3 Å². The Kier molecular flexibility index (Phi) is 4.04. The van der Waals surface area contributed by atoms with Crippen LogP contribution in [0.1, 0.15) is 48.1 Å². The molecule has 24 heavy (non-hydrogen) atoms. The summed E-state index contributed by atoms with van der Waals surface area (Å²) in [7, 11) is 0. The minimum atomic E-state index is -0.320. The van der Waals surface area contributed by atoms with Crippen LogP contribution in [-0.4, -0.2) is 25.7 Å². The molecule has 2 aromatic heterocycles. The number of H-pyrrole nitrogens is 1. The number of imidazole rings is 1. The van der Waals surface area contributed by atoms with Gasteiger partial charge in [-0.15, -0.1) is 0 Å². The van der Waals surface area contributed by atoms with Gasteiger partial charge in [0.25, 0.3) is 5.91 Å². The molecule has 3 rings (SSSR count). The molecule has 0 saturated heterocycles. The maximum atomic E-state index is 12.4. The molecule has 7 heteroatoms. The number of hydrogen-bond acceptors (Lipinski definition) is 4. The molecule has 1 aromatic carbocycles. The van der Waals surface area contributed by atoms with E-state index in [0.717, 1.165) is 12.1 Å². The zero-order chi connectivity index (χ0) is 17.3. The maximum absolute atomic E-state index is 12.4. The average molecular weight is 322 g/mol. The Morgan fingerprint density at radius 1 is 1.46 bits per heavy atom. The van der Waals surface area contributed by atoms with Crippen LogP contribution in [0.4, 0.5) is 5.95 Å². The van der Waals surface area contributed by atoms with Gasteiger partial charge in [-0.1, -0.05) is 6.92 Å². The van der Waals surface area contributed by atoms with Crippen LogP contribution in [0.25, 0.3) is 11.0 Å². The van der Waals surface area contributed by atoms with E-state index < -0.39 is 0 Å². The number of carbonyl (C=O) groups is 1. The van der Waals surface area contributed by atoms with E-state index in [1.807, 2.05) is 11.6 Å². The van der Waals surface area contributed by atoms with E-state index >= 15 is 0 Å². The Morgan fingerprint density at radius 3 is 2.96 bits per heavy atom. The van der Waals surface area contributed by atoms with Crippen molar-refractivity contribution < 1.29 is 4.79 Å². The minimum Gasteiger partial charge on any atom is -0.324 e. The molecular weight excluding hydrogens is 304 g/mol. The first-order chi connectivity index (χ1) is 11.5. The highest BCUT2D eigenvalue weighted by molar-refractivity contribution is 6.02. The predicted octanol–water partition coefficient (Wildman–Crippen LogP) is 3.16. The number of aromatic amines is 1. The van der Waals surface area contributed by atoms with Gasteiger partial charge in [0.1, 0.15) is 0 Å². The highest BCUT2D eigenvalue weighted by Crippen LogP contribution is 2.17. The number of aryl methyl sites for hydroxylation is 1. The first-order valence-corrected chi connectivity index (χ1v) is 7.79. The van der Waals surface area contributed by atoms with Gasteiger partial charge >= 0.3 is 0 Å². The Labute approximate surface area is 139 Å². The zero-order valence-electron chi connectivity index (χ0n) is 13.8. The lowest BCUT2D eigenvalue weighted by atomic mass is 10.2. The SMILES string of the molecule is CCC(C)n1nc(C(=O)Nc2nc3ccc(C#N)cc3[nH]2)cc1C. The number of fused-ring (bicyclic) bond motifs is 1. The van der Waals surface area contributed by atoms with Gasteiger partial charge in [0.05, 0.1) is 22.7 Å². The topological polar surface area (TPSA) is 99.4 Å². The van der Waals surface area contributed by atoms with Gasteiger partial charge in [0, 0.05) is 11.7 Å².